The number of para-hydroxylation sites is 1. The van der Waals surface area contributed by atoms with Gasteiger partial charge in [-0.1, -0.05) is 25.1 Å². The Morgan fingerprint density at radius 3 is 2.90 bits per heavy atom. The fourth-order valence-corrected chi connectivity index (χ4v) is 2.40. The molecular weight excluding hydrogens is 268 g/mol. The average molecular weight is 284 g/mol. The molecule has 0 aliphatic rings. The Labute approximate surface area is 121 Å². The Hall–Kier alpha value is -2.83. The van der Waals surface area contributed by atoms with Gasteiger partial charge in [0, 0.05) is 10.9 Å². The monoisotopic (exact) mass is 284 g/mol. The Kier molecular flexibility index (Phi) is 3.31. The van der Waals surface area contributed by atoms with Crippen LogP contribution in [0, 0.1) is 0 Å². The number of rotatable bonds is 4. The zero-order chi connectivity index (χ0) is 14.8. The number of aryl methyl sites for hydroxylation is 1. The van der Waals surface area contributed by atoms with Crippen molar-refractivity contribution >= 4 is 22.8 Å². The number of hydrogen-bond donors (Lipinski definition) is 4. The number of nitrogens with two attached hydrogens (primary N) is 1. The van der Waals surface area contributed by atoms with E-state index in [-0.39, 0.29) is 18.4 Å². The zero-order valence-electron chi connectivity index (χ0n) is 11.6. The first-order valence-corrected chi connectivity index (χ1v) is 6.73. The third-order valence-electron chi connectivity index (χ3n) is 3.36. The second-order valence-electron chi connectivity index (χ2n) is 4.70. The van der Waals surface area contributed by atoms with Gasteiger partial charge in [0.25, 0.3) is 5.91 Å². The summed E-state index contributed by atoms with van der Waals surface area (Å²) in [6.07, 6.45) is 0.780. The quantitative estimate of drug-likeness (QED) is 0.579. The summed E-state index contributed by atoms with van der Waals surface area (Å²) in [5, 5.41) is 10.3. The number of anilines is 1. The molecule has 0 saturated carbocycles. The lowest BCUT2D eigenvalue weighted by atomic mass is 10.1. The first-order chi connectivity index (χ1) is 10.2. The first kappa shape index (κ1) is 13.2. The lowest BCUT2D eigenvalue weighted by Crippen LogP contribution is -2.24. The van der Waals surface area contributed by atoms with Crippen LogP contribution in [0.2, 0.25) is 0 Å². The molecule has 0 spiro atoms. The number of benzene rings is 1. The highest BCUT2D eigenvalue weighted by Crippen LogP contribution is 2.22. The average Bonchev–Trinajstić information content (AvgIpc) is 3.07. The summed E-state index contributed by atoms with van der Waals surface area (Å²) in [5.74, 6) is 0.520. The van der Waals surface area contributed by atoms with Gasteiger partial charge in [-0.05, 0) is 18.1 Å². The molecule has 1 amide bonds. The van der Waals surface area contributed by atoms with Crippen molar-refractivity contribution in [3.8, 4) is 0 Å². The van der Waals surface area contributed by atoms with Gasteiger partial charge >= 0.3 is 0 Å². The lowest BCUT2D eigenvalue weighted by molar-refractivity contribution is 0.0945. The van der Waals surface area contributed by atoms with E-state index in [1.165, 1.54) is 0 Å². The number of nitrogens with zero attached hydrogens (tertiary/aromatic N) is 2. The maximum absolute atomic E-state index is 12.3. The maximum Gasteiger partial charge on any atom is 0.268 e. The predicted octanol–water partition coefficient (Wildman–Crippen LogP) is 1.36. The van der Waals surface area contributed by atoms with E-state index in [1.807, 2.05) is 31.2 Å². The van der Waals surface area contributed by atoms with Crippen molar-refractivity contribution in [2.75, 3.05) is 5.73 Å². The highest BCUT2D eigenvalue weighted by atomic mass is 16.1. The number of aromatic nitrogens is 4. The molecule has 5 N–H and O–H groups in total. The zero-order valence-corrected chi connectivity index (χ0v) is 11.6. The molecule has 3 aromatic rings. The van der Waals surface area contributed by atoms with Crippen molar-refractivity contribution in [1.82, 2.24) is 25.5 Å². The van der Waals surface area contributed by atoms with Gasteiger partial charge in [0.2, 0.25) is 5.95 Å². The van der Waals surface area contributed by atoms with Crippen LogP contribution in [0.25, 0.3) is 10.9 Å². The number of aromatic amines is 2. The first-order valence-electron chi connectivity index (χ1n) is 6.73. The van der Waals surface area contributed by atoms with Gasteiger partial charge < -0.3 is 16.0 Å². The highest BCUT2D eigenvalue weighted by Gasteiger charge is 2.16. The molecule has 2 aromatic heterocycles. The van der Waals surface area contributed by atoms with Crippen LogP contribution in [0.4, 0.5) is 5.95 Å². The smallest absolute Gasteiger partial charge is 0.268 e. The van der Waals surface area contributed by atoms with Gasteiger partial charge in [-0.25, -0.2) is 0 Å². The van der Waals surface area contributed by atoms with Crippen LogP contribution in [0.15, 0.2) is 24.3 Å². The van der Waals surface area contributed by atoms with Crippen LogP contribution in [0.5, 0.6) is 0 Å². The summed E-state index contributed by atoms with van der Waals surface area (Å²) in [5.41, 5.74) is 7.98. The minimum Gasteiger partial charge on any atom is -0.367 e. The fourth-order valence-electron chi connectivity index (χ4n) is 2.40. The third-order valence-corrected chi connectivity index (χ3v) is 3.36. The molecule has 0 unspecified atom stereocenters. The van der Waals surface area contributed by atoms with Crippen LogP contribution in [0.1, 0.15) is 28.8 Å². The molecule has 3 rings (SSSR count). The van der Waals surface area contributed by atoms with Crippen LogP contribution in [-0.2, 0) is 13.0 Å². The lowest BCUT2D eigenvalue weighted by Gasteiger charge is -2.03. The van der Waals surface area contributed by atoms with Crippen LogP contribution < -0.4 is 11.1 Å². The summed E-state index contributed by atoms with van der Waals surface area (Å²) >= 11 is 0. The molecule has 7 heteroatoms. The molecule has 7 nitrogen and oxygen atoms in total. The third kappa shape index (κ3) is 2.45. The Morgan fingerprint density at radius 2 is 2.19 bits per heavy atom. The van der Waals surface area contributed by atoms with Crippen LogP contribution in [-0.4, -0.2) is 26.1 Å². The minimum absolute atomic E-state index is 0.166. The van der Waals surface area contributed by atoms with Crippen LogP contribution in [0.3, 0.4) is 0 Å². The van der Waals surface area contributed by atoms with Crippen molar-refractivity contribution in [1.29, 1.82) is 0 Å². The molecule has 0 fully saturated rings. The van der Waals surface area contributed by atoms with E-state index < -0.39 is 0 Å². The number of carbonyl (C=O) groups is 1. The van der Waals surface area contributed by atoms with E-state index in [0.717, 1.165) is 22.9 Å². The number of nitrogen functional groups attached to an aromatic ring is 1. The minimum atomic E-state index is -0.168. The van der Waals surface area contributed by atoms with E-state index in [0.29, 0.717) is 11.5 Å². The topological polar surface area (TPSA) is 112 Å². The molecule has 0 aliphatic carbocycles. The van der Waals surface area contributed by atoms with E-state index in [1.54, 1.807) is 0 Å². The van der Waals surface area contributed by atoms with Crippen LogP contribution >= 0.6 is 0 Å². The van der Waals surface area contributed by atoms with Crippen molar-refractivity contribution in [2.45, 2.75) is 19.9 Å². The normalized spacial score (nSPS) is 10.9. The number of amides is 1. The predicted molar refractivity (Wildman–Crippen MR) is 79.6 cm³/mol. The van der Waals surface area contributed by atoms with E-state index in [4.69, 9.17) is 5.73 Å². The largest absolute Gasteiger partial charge is 0.367 e. The summed E-state index contributed by atoms with van der Waals surface area (Å²) in [6.45, 7) is 2.28. The van der Waals surface area contributed by atoms with Crippen molar-refractivity contribution in [3.05, 3.63) is 41.3 Å². The van der Waals surface area contributed by atoms with Crippen molar-refractivity contribution in [2.24, 2.45) is 0 Å². The molecule has 21 heavy (non-hydrogen) atoms. The number of fused-ring (bicyclic) bond motifs is 1. The number of carbonyl (C=O) groups excluding carboxylic acids is 1. The number of hydrogen-bond acceptors (Lipinski definition) is 4. The summed E-state index contributed by atoms with van der Waals surface area (Å²) in [7, 11) is 0. The summed E-state index contributed by atoms with van der Waals surface area (Å²) in [6, 6.07) is 7.88. The number of H-pyrrole nitrogens is 2. The SMILES string of the molecule is CCc1c(C(=O)NCc2nc(N)n[nH]2)[nH]c2ccccc12. The molecule has 0 saturated heterocycles. The van der Waals surface area contributed by atoms with E-state index in [9.17, 15) is 4.79 Å². The van der Waals surface area contributed by atoms with E-state index in [2.05, 4.69) is 25.5 Å². The molecule has 0 radical (unpaired) electrons. The second kappa shape index (κ2) is 5.28. The van der Waals surface area contributed by atoms with Crippen molar-refractivity contribution in [3.63, 3.8) is 0 Å². The number of nitrogens with one attached hydrogen (secondary N) is 3. The molecule has 2 heterocycles. The van der Waals surface area contributed by atoms with E-state index >= 15 is 0 Å². The van der Waals surface area contributed by atoms with Crippen molar-refractivity contribution < 1.29 is 4.79 Å². The highest BCUT2D eigenvalue weighted by molar-refractivity contribution is 6.01. The Morgan fingerprint density at radius 1 is 1.38 bits per heavy atom. The second-order valence-corrected chi connectivity index (χ2v) is 4.70. The standard InChI is InChI=1S/C14H16N6O/c1-2-8-9-5-3-4-6-10(9)17-12(8)13(21)16-7-11-18-14(15)20-19-11/h3-6,17H,2,7H2,1H3,(H,16,21)(H3,15,18,19,20). The van der Waals surface area contributed by atoms with Gasteiger partial charge in [-0.3, -0.25) is 9.89 Å². The van der Waals surface area contributed by atoms with Gasteiger partial charge in [0.15, 0.2) is 0 Å². The molecule has 1 aromatic carbocycles. The van der Waals surface area contributed by atoms with Gasteiger partial charge in [-0.2, -0.15) is 4.98 Å². The fraction of sp³-hybridized carbons (Fsp3) is 0.214. The molecule has 0 atom stereocenters. The Balaban J connectivity index is 1.84. The van der Waals surface area contributed by atoms with Gasteiger partial charge in [-0.15, -0.1) is 5.10 Å². The Bertz CT molecular complexity index is 788. The molecule has 0 aliphatic heterocycles. The summed E-state index contributed by atoms with van der Waals surface area (Å²) in [4.78, 5) is 19.5. The summed E-state index contributed by atoms with van der Waals surface area (Å²) < 4.78 is 0. The molecule has 108 valence electrons. The van der Waals surface area contributed by atoms with Gasteiger partial charge in [0.1, 0.15) is 11.5 Å². The molecule has 0 bridgehead atoms. The maximum atomic E-state index is 12.3. The molecular formula is C14H16N6O. The van der Waals surface area contributed by atoms with Gasteiger partial charge in [0.05, 0.1) is 6.54 Å².